The van der Waals surface area contributed by atoms with Gasteiger partial charge in [-0.05, 0) is 37.3 Å². The molecule has 1 N–H and O–H groups in total. The number of benzene rings is 1. The van der Waals surface area contributed by atoms with Crippen molar-refractivity contribution >= 4 is 17.7 Å². The molecule has 1 aliphatic rings. The van der Waals surface area contributed by atoms with E-state index in [4.69, 9.17) is 9.15 Å². The van der Waals surface area contributed by atoms with Crippen molar-refractivity contribution in [1.29, 1.82) is 0 Å². The van der Waals surface area contributed by atoms with E-state index < -0.39 is 0 Å². The Morgan fingerprint density at radius 3 is 2.92 bits per heavy atom. The highest BCUT2D eigenvalue weighted by Crippen LogP contribution is 2.24. The predicted molar refractivity (Wildman–Crippen MR) is 100 cm³/mol. The molecule has 1 saturated carbocycles. The number of ether oxygens (including phenoxy) is 1. The molecular weight excluding hydrogens is 350 g/mol. The molecule has 6 nitrogen and oxygen atoms in total. The number of nitrogens with one attached hydrogen (secondary N) is 1. The van der Waals surface area contributed by atoms with Crippen LogP contribution in [0.4, 0.5) is 0 Å². The maximum Gasteiger partial charge on any atom is 0.277 e. The first-order valence-corrected chi connectivity index (χ1v) is 10.0. The first-order valence-electron chi connectivity index (χ1n) is 9.05. The molecule has 1 aromatic carbocycles. The second kappa shape index (κ2) is 9.07. The second-order valence-corrected chi connectivity index (χ2v) is 7.67. The molecule has 1 fully saturated rings. The van der Waals surface area contributed by atoms with Crippen LogP contribution in [0.1, 0.15) is 44.1 Å². The van der Waals surface area contributed by atoms with Gasteiger partial charge in [0.05, 0.1) is 5.75 Å². The van der Waals surface area contributed by atoms with Crippen LogP contribution in [-0.4, -0.2) is 27.9 Å². The second-order valence-electron chi connectivity index (χ2n) is 6.74. The topological polar surface area (TPSA) is 77.2 Å². The van der Waals surface area contributed by atoms with Gasteiger partial charge in [0.2, 0.25) is 5.91 Å². The molecule has 0 saturated heterocycles. The van der Waals surface area contributed by atoms with Crippen LogP contribution in [0.2, 0.25) is 0 Å². The van der Waals surface area contributed by atoms with E-state index in [1.54, 1.807) is 0 Å². The van der Waals surface area contributed by atoms with Gasteiger partial charge in [0.1, 0.15) is 5.75 Å². The summed E-state index contributed by atoms with van der Waals surface area (Å²) in [6.07, 6.45) is 4.71. The number of hydrogen-bond acceptors (Lipinski definition) is 6. The average Bonchev–Trinajstić information content (AvgIpc) is 3.09. The van der Waals surface area contributed by atoms with Gasteiger partial charge in [-0.2, -0.15) is 0 Å². The number of hydrogen-bond donors (Lipinski definition) is 1. The normalized spacial score (nSPS) is 19.9. The number of rotatable bonds is 7. The molecule has 0 aliphatic heterocycles. The molecule has 1 aliphatic carbocycles. The van der Waals surface area contributed by atoms with Gasteiger partial charge in [-0.15, -0.1) is 10.2 Å². The first-order chi connectivity index (χ1) is 12.6. The van der Waals surface area contributed by atoms with Crippen LogP contribution >= 0.6 is 11.8 Å². The van der Waals surface area contributed by atoms with Gasteiger partial charge in [-0.3, -0.25) is 4.79 Å². The van der Waals surface area contributed by atoms with E-state index in [-0.39, 0.29) is 24.3 Å². The fourth-order valence-corrected chi connectivity index (χ4v) is 3.71. The highest BCUT2D eigenvalue weighted by atomic mass is 32.2. The van der Waals surface area contributed by atoms with E-state index in [9.17, 15) is 4.79 Å². The number of amides is 1. The summed E-state index contributed by atoms with van der Waals surface area (Å²) in [5.74, 6) is 2.04. The number of nitrogens with zero attached hydrogens (tertiary/aromatic N) is 2. The molecule has 0 unspecified atom stereocenters. The van der Waals surface area contributed by atoms with Crippen molar-refractivity contribution in [2.45, 2.75) is 57.4 Å². The number of para-hydroxylation sites is 1. The molecule has 140 valence electrons. The highest BCUT2D eigenvalue weighted by Gasteiger charge is 2.23. The van der Waals surface area contributed by atoms with Crippen molar-refractivity contribution in [2.75, 3.05) is 5.75 Å². The molecule has 1 heterocycles. The Morgan fingerprint density at radius 2 is 2.12 bits per heavy atom. The van der Waals surface area contributed by atoms with E-state index in [1.807, 2.05) is 31.2 Å². The first kappa shape index (κ1) is 18.8. The molecule has 1 amide bonds. The van der Waals surface area contributed by atoms with Crippen LogP contribution in [0.5, 0.6) is 5.75 Å². The number of carbonyl (C=O) groups is 1. The van der Waals surface area contributed by atoms with Gasteiger partial charge in [-0.25, -0.2) is 0 Å². The van der Waals surface area contributed by atoms with E-state index in [0.717, 1.165) is 17.7 Å². The van der Waals surface area contributed by atoms with Crippen LogP contribution in [0.3, 0.4) is 0 Å². The summed E-state index contributed by atoms with van der Waals surface area (Å²) in [6, 6.07) is 8.05. The minimum absolute atomic E-state index is 0.0182. The Labute approximate surface area is 158 Å². The van der Waals surface area contributed by atoms with Gasteiger partial charge in [0.15, 0.2) is 6.61 Å². The summed E-state index contributed by atoms with van der Waals surface area (Å²) in [6.45, 7) is 4.40. The summed E-state index contributed by atoms with van der Waals surface area (Å²) in [4.78, 5) is 12.1. The average molecular weight is 375 g/mol. The SMILES string of the molecule is Cc1ccccc1OCc1nnc(SCC(=O)N[C@@H]2CCCC[C@@H]2C)o1. The fraction of sp³-hybridized carbons (Fsp3) is 0.526. The van der Waals surface area contributed by atoms with Crippen LogP contribution in [0, 0.1) is 12.8 Å². The third-order valence-electron chi connectivity index (χ3n) is 4.68. The zero-order chi connectivity index (χ0) is 18.4. The van der Waals surface area contributed by atoms with E-state index in [1.165, 1.54) is 31.0 Å². The molecule has 7 heteroatoms. The monoisotopic (exact) mass is 375 g/mol. The molecule has 2 atom stereocenters. The molecular formula is C19H25N3O3S. The minimum Gasteiger partial charge on any atom is -0.484 e. The lowest BCUT2D eigenvalue weighted by Gasteiger charge is -2.29. The summed E-state index contributed by atoms with van der Waals surface area (Å²) in [5.41, 5.74) is 1.05. The Bertz CT molecular complexity index is 734. The van der Waals surface area contributed by atoms with Crippen molar-refractivity contribution in [3.63, 3.8) is 0 Å². The number of aryl methyl sites for hydroxylation is 1. The molecule has 3 rings (SSSR count). The molecule has 0 radical (unpaired) electrons. The van der Waals surface area contributed by atoms with Crippen LogP contribution in [0.25, 0.3) is 0 Å². The molecule has 2 aromatic rings. The third kappa shape index (κ3) is 5.24. The number of aromatic nitrogens is 2. The Kier molecular flexibility index (Phi) is 6.55. The maximum absolute atomic E-state index is 12.1. The predicted octanol–water partition coefficient (Wildman–Crippen LogP) is 3.74. The lowest BCUT2D eigenvalue weighted by molar-refractivity contribution is -0.119. The Balaban J connectivity index is 1.43. The standard InChI is InChI=1S/C19H25N3O3S/c1-13-7-3-5-9-15(13)20-17(23)12-26-19-22-21-18(25-19)11-24-16-10-6-4-8-14(16)2/h4,6,8,10,13,15H,3,5,7,9,11-12H2,1-2H3,(H,20,23)/t13-,15+/m0/s1. The van der Waals surface area contributed by atoms with Crippen LogP contribution in [0.15, 0.2) is 33.9 Å². The van der Waals surface area contributed by atoms with Gasteiger partial charge < -0.3 is 14.5 Å². The van der Waals surface area contributed by atoms with Gasteiger partial charge in [0, 0.05) is 6.04 Å². The Morgan fingerprint density at radius 1 is 1.31 bits per heavy atom. The van der Waals surface area contributed by atoms with Crippen molar-refractivity contribution in [1.82, 2.24) is 15.5 Å². The Hall–Kier alpha value is -2.02. The van der Waals surface area contributed by atoms with Crippen LogP contribution in [-0.2, 0) is 11.4 Å². The third-order valence-corrected chi connectivity index (χ3v) is 5.50. The summed E-state index contributed by atoms with van der Waals surface area (Å²) < 4.78 is 11.2. The zero-order valence-corrected chi connectivity index (χ0v) is 16.1. The molecule has 1 aromatic heterocycles. The summed E-state index contributed by atoms with van der Waals surface area (Å²) >= 11 is 1.26. The fourth-order valence-electron chi connectivity index (χ4n) is 3.12. The van der Waals surface area contributed by atoms with Gasteiger partial charge >= 0.3 is 0 Å². The summed E-state index contributed by atoms with van der Waals surface area (Å²) in [5, 5.41) is 11.5. The molecule has 26 heavy (non-hydrogen) atoms. The lowest BCUT2D eigenvalue weighted by Crippen LogP contribution is -2.41. The smallest absolute Gasteiger partial charge is 0.277 e. The van der Waals surface area contributed by atoms with Crippen LogP contribution < -0.4 is 10.1 Å². The highest BCUT2D eigenvalue weighted by molar-refractivity contribution is 7.99. The van der Waals surface area contributed by atoms with Gasteiger partial charge in [-0.1, -0.05) is 49.7 Å². The largest absolute Gasteiger partial charge is 0.484 e. The van der Waals surface area contributed by atoms with E-state index in [2.05, 4.69) is 22.4 Å². The quantitative estimate of drug-likeness (QED) is 0.743. The summed E-state index contributed by atoms with van der Waals surface area (Å²) in [7, 11) is 0. The molecule has 0 spiro atoms. The van der Waals surface area contributed by atoms with Crippen molar-refractivity contribution in [3.8, 4) is 5.75 Å². The van der Waals surface area contributed by atoms with E-state index in [0.29, 0.717) is 17.0 Å². The maximum atomic E-state index is 12.1. The van der Waals surface area contributed by atoms with Crippen molar-refractivity contribution in [2.24, 2.45) is 5.92 Å². The van der Waals surface area contributed by atoms with Gasteiger partial charge in [0.25, 0.3) is 11.1 Å². The lowest BCUT2D eigenvalue weighted by atomic mass is 9.86. The van der Waals surface area contributed by atoms with Crippen molar-refractivity contribution in [3.05, 3.63) is 35.7 Å². The molecule has 0 bridgehead atoms. The number of thioether (sulfide) groups is 1. The van der Waals surface area contributed by atoms with E-state index >= 15 is 0 Å². The van der Waals surface area contributed by atoms with Crippen molar-refractivity contribution < 1.29 is 13.9 Å². The zero-order valence-electron chi connectivity index (χ0n) is 15.2. The minimum atomic E-state index is 0.0182. The number of carbonyl (C=O) groups excluding carboxylic acids is 1.